The number of rotatable bonds is 3. The van der Waals surface area contributed by atoms with E-state index in [4.69, 9.17) is 9.15 Å². The van der Waals surface area contributed by atoms with Gasteiger partial charge in [-0.15, -0.1) is 0 Å². The zero-order valence-electron chi connectivity index (χ0n) is 13.8. The summed E-state index contributed by atoms with van der Waals surface area (Å²) >= 11 is 1.74. The Hall–Kier alpha value is -1.63. The molecule has 0 bridgehead atoms. The predicted molar refractivity (Wildman–Crippen MR) is 92.2 cm³/mol. The monoisotopic (exact) mass is 346 g/mol. The smallest absolute Gasteiger partial charge is 0.257 e. The molecule has 0 saturated carbocycles. The average Bonchev–Trinajstić information content (AvgIpc) is 3.28. The molecule has 2 saturated heterocycles. The van der Waals surface area contributed by atoms with Crippen molar-refractivity contribution in [2.24, 2.45) is 5.92 Å². The van der Waals surface area contributed by atoms with Crippen LogP contribution < -0.4 is 0 Å². The maximum Gasteiger partial charge on any atom is 0.257 e. The van der Waals surface area contributed by atoms with Crippen molar-refractivity contribution < 1.29 is 13.9 Å². The highest BCUT2D eigenvalue weighted by Crippen LogP contribution is 2.26. The molecule has 4 rings (SSSR count). The number of likely N-dealkylation sites (tertiary alicyclic amines) is 1. The standard InChI is InChI=1S/C18H22N2O3S/c1-13-16(2-5-22-13)18(21)20-10-15-9-19(4-6-23-17(15)11-20)8-14-3-7-24-12-14/h2-3,5,7,12,15,17H,4,6,8-11H2,1H3/t15-,17+/m1/s1. The number of amides is 1. The summed E-state index contributed by atoms with van der Waals surface area (Å²) in [5.74, 6) is 1.12. The number of nitrogens with zero attached hydrogens (tertiary/aromatic N) is 2. The van der Waals surface area contributed by atoms with Crippen molar-refractivity contribution >= 4 is 17.2 Å². The van der Waals surface area contributed by atoms with E-state index in [0.29, 0.717) is 23.8 Å². The highest BCUT2D eigenvalue weighted by Gasteiger charge is 2.39. The number of fused-ring (bicyclic) bond motifs is 1. The van der Waals surface area contributed by atoms with Crippen LogP contribution in [0.1, 0.15) is 21.7 Å². The third-order valence-electron chi connectivity index (χ3n) is 4.98. The fourth-order valence-corrected chi connectivity index (χ4v) is 4.35. The average molecular weight is 346 g/mol. The zero-order chi connectivity index (χ0) is 16.5. The summed E-state index contributed by atoms with van der Waals surface area (Å²) in [7, 11) is 0. The summed E-state index contributed by atoms with van der Waals surface area (Å²) in [6.07, 6.45) is 1.73. The number of ether oxygens (including phenoxy) is 1. The molecule has 5 nitrogen and oxygen atoms in total. The summed E-state index contributed by atoms with van der Waals surface area (Å²) in [6.45, 7) is 6.91. The van der Waals surface area contributed by atoms with Crippen LogP contribution in [0, 0.1) is 12.8 Å². The van der Waals surface area contributed by atoms with Gasteiger partial charge in [-0.25, -0.2) is 0 Å². The first-order valence-electron chi connectivity index (χ1n) is 8.39. The molecule has 1 amide bonds. The van der Waals surface area contributed by atoms with E-state index in [1.165, 1.54) is 5.56 Å². The van der Waals surface area contributed by atoms with Crippen molar-refractivity contribution in [3.8, 4) is 0 Å². The Morgan fingerprint density at radius 1 is 1.33 bits per heavy atom. The molecule has 4 heterocycles. The lowest BCUT2D eigenvalue weighted by atomic mass is 10.1. The quantitative estimate of drug-likeness (QED) is 0.857. The SMILES string of the molecule is Cc1occc1C(=O)N1C[C@H]2CN(Cc3ccsc3)CCO[C@H]2C1. The lowest BCUT2D eigenvalue weighted by Crippen LogP contribution is -2.33. The highest BCUT2D eigenvalue weighted by atomic mass is 32.1. The molecule has 2 atom stereocenters. The van der Waals surface area contributed by atoms with Crippen molar-refractivity contribution in [2.75, 3.05) is 32.8 Å². The second-order valence-electron chi connectivity index (χ2n) is 6.64. The van der Waals surface area contributed by atoms with Gasteiger partial charge in [-0.2, -0.15) is 11.3 Å². The summed E-state index contributed by atoms with van der Waals surface area (Å²) in [5, 5.41) is 4.32. The Kier molecular flexibility index (Phi) is 4.43. The van der Waals surface area contributed by atoms with Gasteiger partial charge in [0.25, 0.3) is 5.91 Å². The molecular weight excluding hydrogens is 324 g/mol. The van der Waals surface area contributed by atoms with E-state index in [9.17, 15) is 4.79 Å². The third-order valence-corrected chi connectivity index (χ3v) is 5.71. The highest BCUT2D eigenvalue weighted by molar-refractivity contribution is 7.07. The van der Waals surface area contributed by atoms with Crippen LogP contribution >= 0.6 is 11.3 Å². The molecule has 2 aromatic rings. The minimum atomic E-state index is 0.0577. The second kappa shape index (κ2) is 6.70. The molecule has 6 heteroatoms. The van der Waals surface area contributed by atoms with Crippen LogP contribution in [-0.2, 0) is 11.3 Å². The molecule has 0 spiro atoms. The van der Waals surface area contributed by atoms with E-state index in [-0.39, 0.29) is 12.0 Å². The number of furan rings is 1. The maximum absolute atomic E-state index is 12.7. The van der Waals surface area contributed by atoms with Gasteiger partial charge in [0.2, 0.25) is 0 Å². The maximum atomic E-state index is 12.7. The van der Waals surface area contributed by atoms with Gasteiger partial charge in [-0.3, -0.25) is 9.69 Å². The Labute approximate surface area is 145 Å². The van der Waals surface area contributed by atoms with Crippen molar-refractivity contribution in [3.63, 3.8) is 0 Å². The Morgan fingerprint density at radius 2 is 2.25 bits per heavy atom. The van der Waals surface area contributed by atoms with Crippen LogP contribution in [0.4, 0.5) is 0 Å². The lowest BCUT2D eigenvalue weighted by Gasteiger charge is -2.23. The zero-order valence-corrected chi connectivity index (χ0v) is 14.6. The van der Waals surface area contributed by atoms with Crippen molar-refractivity contribution in [1.29, 1.82) is 0 Å². The Bertz CT molecular complexity index is 697. The molecule has 24 heavy (non-hydrogen) atoms. The largest absolute Gasteiger partial charge is 0.469 e. The van der Waals surface area contributed by atoms with E-state index in [1.54, 1.807) is 23.7 Å². The molecule has 0 unspecified atom stereocenters. The van der Waals surface area contributed by atoms with Crippen LogP contribution in [0.15, 0.2) is 33.6 Å². The minimum absolute atomic E-state index is 0.0577. The molecule has 2 aliphatic heterocycles. The van der Waals surface area contributed by atoms with E-state index in [1.807, 2.05) is 11.8 Å². The molecule has 2 fully saturated rings. The van der Waals surface area contributed by atoms with Crippen LogP contribution in [0.25, 0.3) is 0 Å². The normalized spacial score (nSPS) is 24.8. The van der Waals surface area contributed by atoms with Crippen LogP contribution in [0.5, 0.6) is 0 Å². The Balaban J connectivity index is 1.42. The number of hydrogen-bond acceptors (Lipinski definition) is 5. The number of aryl methyl sites for hydroxylation is 1. The van der Waals surface area contributed by atoms with Crippen LogP contribution in [0.3, 0.4) is 0 Å². The molecular formula is C18H22N2O3S. The van der Waals surface area contributed by atoms with E-state index in [2.05, 4.69) is 21.7 Å². The number of carbonyl (C=O) groups is 1. The van der Waals surface area contributed by atoms with Crippen molar-refractivity contribution in [3.05, 3.63) is 46.0 Å². The summed E-state index contributed by atoms with van der Waals surface area (Å²) < 4.78 is 11.3. The molecule has 128 valence electrons. The third kappa shape index (κ3) is 3.14. The first-order valence-corrected chi connectivity index (χ1v) is 9.33. The first-order chi connectivity index (χ1) is 11.7. The van der Waals surface area contributed by atoms with Gasteiger partial charge in [0.05, 0.1) is 24.5 Å². The van der Waals surface area contributed by atoms with Crippen molar-refractivity contribution in [1.82, 2.24) is 9.80 Å². The van der Waals surface area contributed by atoms with Gasteiger partial charge in [0, 0.05) is 38.6 Å². The van der Waals surface area contributed by atoms with Gasteiger partial charge >= 0.3 is 0 Å². The van der Waals surface area contributed by atoms with Gasteiger partial charge in [0.15, 0.2) is 0 Å². The van der Waals surface area contributed by atoms with Crippen LogP contribution in [-0.4, -0.2) is 54.6 Å². The first kappa shape index (κ1) is 15.9. The Morgan fingerprint density at radius 3 is 3.00 bits per heavy atom. The molecule has 0 radical (unpaired) electrons. The lowest BCUT2D eigenvalue weighted by molar-refractivity contribution is 0.0483. The van der Waals surface area contributed by atoms with E-state index < -0.39 is 0 Å². The topological polar surface area (TPSA) is 45.9 Å². The summed E-state index contributed by atoms with van der Waals surface area (Å²) in [5.41, 5.74) is 2.03. The van der Waals surface area contributed by atoms with Gasteiger partial charge in [-0.05, 0) is 35.4 Å². The van der Waals surface area contributed by atoms with Gasteiger partial charge in [0.1, 0.15) is 5.76 Å². The number of hydrogen-bond donors (Lipinski definition) is 0. The fraction of sp³-hybridized carbons (Fsp3) is 0.500. The molecule has 0 aromatic carbocycles. The van der Waals surface area contributed by atoms with E-state index >= 15 is 0 Å². The second-order valence-corrected chi connectivity index (χ2v) is 7.42. The summed E-state index contributed by atoms with van der Waals surface area (Å²) in [4.78, 5) is 17.1. The fourth-order valence-electron chi connectivity index (χ4n) is 3.69. The molecule has 0 aliphatic carbocycles. The predicted octanol–water partition coefficient (Wildman–Crippen LogP) is 2.62. The summed E-state index contributed by atoms with van der Waals surface area (Å²) in [6, 6.07) is 3.94. The number of carbonyl (C=O) groups excluding carboxylic acids is 1. The van der Waals surface area contributed by atoms with Gasteiger partial charge in [-0.1, -0.05) is 0 Å². The van der Waals surface area contributed by atoms with Gasteiger partial charge < -0.3 is 14.1 Å². The van der Waals surface area contributed by atoms with Crippen LogP contribution in [0.2, 0.25) is 0 Å². The molecule has 2 aliphatic rings. The van der Waals surface area contributed by atoms with E-state index in [0.717, 1.165) is 32.8 Å². The molecule has 2 aromatic heterocycles. The minimum Gasteiger partial charge on any atom is -0.469 e. The number of thiophene rings is 1. The molecule has 0 N–H and O–H groups in total. The van der Waals surface area contributed by atoms with Crippen molar-refractivity contribution in [2.45, 2.75) is 19.6 Å².